The van der Waals surface area contributed by atoms with Gasteiger partial charge in [-0.1, -0.05) is 17.7 Å². The molecule has 0 spiro atoms. The Kier molecular flexibility index (Phi) is 8.12. The normalized spacial score (nSPS) is 12.6. The van der Waals surface area contributed by atoms with E-state index in [1.54, 1.807) is 13.2 Å². The highest BCUT2D eigenvalue weighted by Crippen LogP contribution is 2.12. The van der Waals surface area contributed by atoms with Crippen molar-refractivity contribution in [2.24, 2.45) is 0 Å². The standard InChI is InChI=1S/C16H26ClN3O3/c1-16(2,3)23-15(21)18-10-6-7-12(11-22-4)19-14-9-5-8-13(17)20-14/h5,8-9,12H,6-7,10-11H2,1-4H3,(H,18,21)(H,19,20). The number of ether oxygens (including phenoxy) is 2. The van der Waals surface area contributed by atoms with Gasteiger partial charge in [-0.25, -0.2) is 9.78 Å². The second-order valence-corrected chi connectivity index (χ2v) is 6.60. The molecule has 6 nitrogen and oxygen atoms in total. The molecule has 0 aliphatic heterocycles. The van der Waals surface area contributed by atoms with Gasteiger partial charge in [-0.3, -0.25) is 0 Å². The van der Waals surface area contributed by atoms with Crippen LogP contribution < -0.4 is 10.6 Å². The van der Waals surface area contributed by atoms with Gasteiger partial charge < -0.3 is 20.1 Å². The van der Waals surface area contributed by atoms with Crippen LogP contribution in [0.3, 0.4) is 0 Å². The molecule has 23 heavy (non-hydrogen) atoms. The lowest BCUT2D eigenvalue weighted by Crippen LogP contribution is -2.34. The first kappa shape index (κ1) is 19.5. The number of carbonyl (C=O) groups is 1. The van der Waals surface area contributed by atoms with E-state index >= 15 is 0 Å². The molecule has 1 unspecified atom stereocenters. The second-order valence-electron chi connectivity index (χ2n) is 6.21. The largest absolute Gasteiger partial charge is 0.444 e. The maximum atomic E-state index is 11.6. The topological polar surface area (TPSA) is 72.5 Å². The minimum absolute atomic E-state index is 0.0893. The van der Waals surface area contributed by atoms with Crippen molar-refractivity contribution in [3.63, 3.8) is 0 Å². The van der Waals surface area contributed by atoms with Crippen LogP contribution in [-0.2, 0) is 9.47 Å². The Balaban J connectivity index is 2.35. The van der Waals surface area contributed by atoms with Gasteiger partial charge in [0.1, 0.15) is 16.6 Å². The summed E-state index contributed by atoms with van der Waals surface area (Å²) in [6.45, 7) is 6.59. The van der Waals surface area contributed by atoms with Crippen LogP contribution in [0.2, 0.25) is 5.15 Å². The number of hydrogen-bond acceptors (Lipinski definition) is 5. The molecule has 1 amide bonds. The number of anilines is 1. The predicted molar refractivity (Wildman–Crippen MR) is 92.0 cm³/mol. The summed E-state index contributed by atoms with van der Waals surface area (Å²) in [7, 11) is 1.65. The van der Waals surface area contributed by atoms with Crippen LogP contribution in [0.5, 0.6) is 0 Å². The highest BCUT2D eigenvalue weighted by Gasteiger charge is 2.16. The van der Waals surface area contributed by atoms with Crippen LogP contribution in [0.1, 0.15) is 33.6 Å². The van der Waals surface area contributed by atoms with Crippen LogP contribution in [0.4, 0.5) is 10.6 Å². The molecular weight excluding hydrogens is 318 g/mol. The number of rotatable bonds is 8. The first-order valence-electron chi connectivity index (χ1n) is 7.65. The third-order valence-electron chi connectivity index (χ3n) is 2.83. The van der Waals surface area contributed by atoms with Crippen LogP contribution >= 0.6 is 11.6 Å². The number of amides is 1. The Morgan fingerprint density at radius 1 is 1.39 bits per heavy atom. The Morgan fingerprint density at radius 3 is 2.74 bits per heavy atom. The molecule has 7 heteroatoms. The Bertz CT molecular complexity index is 492. The maximum Gasteiger partial charge on any atom is 0.407 e. The van der Waals surface area contributed by atoms with Gasteiger partial charge in [0.2, 0.25) is 0 Å². The number of carbonyl (C=O) groups excluding carboxylic acids is 1. The van der Waals surface area contributed by atoms with E-state index in [1.807, 2.05) is 32.9 Å². The molecular formula is C16H26ClN3O3. The number of pyridine rings is 1. The van der Waals surface area contributed by atoms with E-state index in [0.29, 0.717) is 24.1 Å². The lowest BCUT2D eigenvalue weighted by Gasteiger charge is -2.21. The summed E-state index contributed by atoms with van der Waals surface area (Å²) in [5.41, 5.74) is -0.484. The molecule has 0 aliphatic rings. The third kappa shape index (κ3) is 9.25. The summed E-state index contributed by atoms with van der Waals surface area (Å²) in [6.07, 6.45) is 1.21. The zero-order chi connectivity index (χ0) is 17.3. The fourth-order valence-electron chi connectivity index (χ4n) is 1.95. The van der Waals surface area contributed by atoms with Crippen molar-refractivity contribution in [2.45, 2.75) is 45.3 Å². The summed E-state index contributed by atoms with van der Waals surface area (Å²) in [5, 5.41) is 6.47. The van der Waals surface area contributed by atoms with Crippen molar-refractivity contribution in [3.8, 4) is 0 Å². The molecule has 130 valence electrons. The van der Waals surface area contributed by atoms with Crippen molar-refractivity contribution < 1.29 is 14.3 Å². The number of nitrogens with one attached hydrogen (secondary N) is 2. The van der Waals surface area contributed by atoms with E-state index in [4.69, 9.17) is 21.1 Å². The van der Waals surface area contributed by atoms with E-state index in [0.717, 1.165) is 12.8 Å². The lowest BCUT2D eigenvalue weighted by molar-refractivity contribution is 0.0526. The molecule has 0 fully saturated rings. The molecule has 1 aromatic heterocycles. The highest BCUT2D eigenvalue weighted by molar-refractivity contribution is 6.29. The van der Waals surface area contributed by atoms with E-state index in [-0.39, 0.29) is 6.04 Å². The van der Waals surface area contributed by atoms with Gasteiger partial charge in [-0.2, -0.15) is 0 Å². The van der Waals surface area contributed by atoms with Crippen molar-refractivity contribution in [2.75, 3.05) is 25.6 Å². The summed E-state index contributed by atoms with van der Waals surface area (Å²) in [6, 6.07) is 5.51. The van der Waals surface area contributed by atoms with E-state index in [1.165, 1.54) is 0 Å². The smallest absolute Gasteiger partial charge is 0.407 e. The quantitative estimate of drug-likeness (QED) is 0.558. The van der Waals surface area contributed by atoms with Gasteiger partial charge in [-0.15, -0.1) is 0 Å². The molecule has 1 heterocycles. The summed E-state index contributed by atoms with van der Waals surface area (Å²) in [4.78, 5) is 15.8. The second kappa shape index (κ2) is 9.57. The Morgan fingerprint density at radius 2 is 2.13 bits per heavy atom. The zero-order valence-electron chi connectivity index (χ0n) is 14.2. The first-order valence-corrected chi connectivity index (χ1v) is 8.03. The molecule has 0 aliphatic carbocycles. The number of hydrogen-bond donors (Lipinski definition) is 2. The number of nitrogens with zero attached hydrogens (tertiary/aromatic N) is 1. The lowest BCUT2D eigenvalue weighted by atomic mass is 10.1. The molecule has 1 atom stereocenters. The zero-order valence-corrected chi connectivity index (χ0v) is 14.9. The van der Waals surface area contributed by atoms with Crippen LogP contribution in [0, 0.1) is 0 Å². The Hall–Kier alpha value is -1.53. The van der Waals surface area contributed by atoms with Crippen molar-refractivity contribution in [1.29, 1.82) is 0 Å². The number of aromatic nitrogens is 1. The van der Waals surface area contributed by atoms with Gasteiger partial charge in [-0.05, 0) is 45.7 Å². The van der Waals surface area contributed by atoms with Gasteiger partial charge in [0.15, 0.2) is 0 Å². The SMILES string of the molecule is COCC(CCCNC(=O)OC(C)(C)C)Nc1cccc(Cl)n1. The minimum Gasteiger partial charge on any atom is -0.444 e. The van der Waals surface area contributed by atoms with Crippen molar-refractivity contribution in [3.05, 3.63) is 23.4 Å². The maximum absolute atomic E-state index is 11.6. The molecule has 2 N–H and O–H groups in total. The van der Waals surface area contributed by atoms with E-state index in [2.05, 4.69) is 15.6 Å². The van der Waals surface area contributed by atoms with E-state index in [9.17, 15) is 4.79 Å². The van der Waals surface area contributed by atoms with Crippen molar-refractivity contribution >= 4 is 23.5 Å². The van der Waals surface area contributed by atoms with Crippen LogP contribution in [0.15, 0.2) is 18.2 Å². The van der Waals surface area contributed by atoms with Gasteiger partial charge in [0.05, 0.1) is 12.6 Å². The number of halogens is 1. The van der Waals surface area contributed by atoms with Crippen molar-refractivity contribution in [1.82, 2.24) is 10.3 Å². The fraction of sp³-hybridized carbons (Fsp3) is 0.625. The molecule has 0 aromatic carbocycles. The van der Waals surface area contributed by atoms with Crippen LogP contribution in [-0.4, -0.2) is 43.0 Å². The van der Waals surface area contributed by atoms with E-state index < -0.39 is 11.7 Å². The molecule has 0 radical (unpaired) electrons. The predicted octanol–water partition coefficient (Wildman–Crippen LogP) is 3.47. The average Bonchev–Trinajstić information content (AvgIpc) is 2.42. The molecule has 0 saturated carbocycles. The van der Waals surface area contributed by atoms with Gasteiger partial charge in [0, 0.05) is 13.7 Å². The molecule has 0 bridgehead atoms. The molecule has 1 rings (SSSR count). The summed E-state index contributed by atoms with van der Waals surface area (Å²) >= 11 is 5.88. The summed E-state index contributed by atoms with van der Waals surface area (Å²) < 4.78 is 10.4. The monoisotopic (exact) mass is 343 g/mol. The fourth-order valence-corrected chi connectivity index (χ4v) is 2.11. The third-order valence-corrected chi connectivity index (χ3v) is 3.04. The summed E-state index contributed by atoms with van der Waals surface area (Å²) in [5.74, 6) is 0.708. The van der Waals surface area contributed by atoms with Gasteiger partial charge in [0.25, 0.3) is 0 Å². The molecule has 1 aromatic rings. The molecule has 0 saturated heterocycles. The highest BCUT2D eigenvalue weighted by atomic mass is 35.5. The number of alkyl carbamates (subject to hydrolysis) is 1. The minimum atomic E-state index is -0.484. The van der Waals surface area contributed by atoms with Gasteiger partial charge >= 0.3 is 6.09 Å². The van der Waals surface area contributed by atoms with Crippen LogP contribution in [0.25, 0.3) is 0 Å². The average molecular weight is 344 g/mol. The number of methoxy groups -OCH3 is 1. The Labute approximate surface area is 142 Å². The first-order chi connectivity index (χ1) is 10.8.